The Morgan fingerprint density at radius 1 is 1.28 bits per heavy atom. The first-order chi connectivity index (χ1) is 11.8. The third-order valence-corrected chi connectivity index (χ3v) is 6.22. The van der Waals surface area contributed by atoms with Crippen LogP contribution in [0, 0.1) is 20.8 Å². The second kappa shape index (κ2) is 7.01. The molecule has 0 bridgehead atoms. The van der Waals surface area contributed by atoms with Crippen molar-refractivity contribution in [1.82, 2.24) is 9.55 Å². The van der Waals surface area contributed by atoms with E-state index in [1.54, 1.807) is 7.05 Å². The van der Waals surface area contributed by atoms with Crippen molar-refractivity contribution in [2.75, 3.05) is 11.1 Å². The van der Waals surface area contributed by atoms with Gasteiger partial charge in [-0.25, -0.2) is 4.98 Å². The Balaban J connectivity index is 1.72. The Bertz CT molecular complexity index is 1020. The van der Waals surface area contributed by atoms with Crippen molar-refractivity contribution in [2.45, 2.75) is 25.0 Å². The minimum atomic E-state index is -0.0619. The molecule has 5 nitrogen and oxygen atoms in total. The van der Waals surface area contributed by atoms with Gasteiger partial charge in [-0.1, -0.05) is 12.1 Å². The Morgan fingerprint density at radius 3 is 2.80 bits per heavy atom. The maximum Gasteiger partial charge on any atom is 0.262 e. The molecule has 1 aromatic carbocycles. The molecule has 0 unspecified atom stereocenters. The van der Waals surface area contributed by atoms with Crippen molar-refractivity contribution in [2.24, 2.45) is 7.05 Å². The van der Waals surface area contributed by atoms with Gasteiger partial charge in [0.2, 0.25) is 5.91 Å². The number of aromatic nitrogens is 2. The maximum atomic E-state index is 12.3. The topological polar surface area (TPSA) is 64.0 Å². The van der Waals surface area contributed by atoms with E-state index in [0.717, 1.165) is 25.9 Å². The molecule has 2 aromatic heterocycles. The summed E-state index contributed by atoms with van der Waals surface area (Å²) in [5.74, 6) is 0.913. The van der Waals surface area contributed by atoms with Gasteiger partial charge in [0.15, 0.2) is 0 Å². The molecule has 0 saturated carbocycles. The number of fused-ring (bicyclic) bond motifs is 1. The third kappa shape index (κ3) is 3.77. The smallest absolute Gasteiger partial charge is 0.262 e. The van der Waals surface area contributed by atoms with Crippen molar-refractivity contribution in [3.8, 4) is 0 Å². The monoisotopic (exact) mass is 373 g/mol. The fraction of sp³-hybridized carbons (Fsp3) is 0.278. The van der Waals surface area contributed by atoms with E-state index >= 15 is 0 Å². The van der Waals surface area contributed by atoms with Gasteiger partial charge in [-0.2, -0.15) is 0 Å². The lowest BCUT2D eigenvalue weighted by Gasteiger charge is -2.08. The van der Waals surface area contributed by atoms with Crippen molar-refractivity contribution >= 4 is 44.9 Å². The molecule has 3 rings (SSSR count). The number of thioether (sulfide) groups is 1. The van der Waals surface area contributed by atoms with Crippen LogP contribution >= 0.6 is 23.1 Å². The highest BCUT2D eigenvalue weighted by atomic mass is 32.2. The second-order valence-electron chi connectivity index (χ2n) is 5.96. The number of carbonyl (C=O) groups is 1. The normalized spacial score (nSPS) is 11.0. The summed E-state index contributed by atoms with van der Waals surface area (Å²) in [5, 5.41) is 3.56. The number of hydrogen-bond donors (Lipinski definition) is 1. The molecule has 0 fully saturated rings. The van der Waals surface area contributed by atoms with Gasteiger partial charge in [-0.15, -0.1) is 23.1 Å². The van der Waals surface area contributed by atoms with E-state index < -0.39 is 0 Å². The van der Waals surface area contributed by atoms with Crippen LogP contribution in [0.3, 0.4) is 0 Å². The third-order valence-electron chi connectivity index (χ3n) is 3.99. The molecule has 1 N–H and O–H groups in total. The number of nitrogens with zero attached hydrogens (tertiary/aromatic N) is 2. The standard InChI is InChI=1S/C18H19N3O2S2/c1-10-5-6-11(2)14(7-10)20-15(22)9-24-16-8-13-17(25-16)19-12(3)21(4)18(13)23/h5-8H,9H2,1-4H3,(H,20,22). The van der Waals surface area contributed by atoms with E-state index in [0.29, 0.717) is 17.0 Å². The Labute approximate surface area is 154 Å². The zero-order valence-electron chi connectivity index (χ0n) is 14.5. The number of anilines is 1. The fourth-order valence-electron chi connectivity index (χ4n) is 2.41. The van der Waals surface area contributed by atoms with Gasteiger partial charge in [0.05, 0.1) is 15.3 Å². The Morgan fingerprint density at radius 2 is 2.04 bits per heavy atom. The van der Waals surface area contributed by atoms with Gasteiger partial charge in [0, 0.05) is 12.7 Å². The predicted molar refractivity (Wildman–Crippen MR) is 105 cm³/mol. The zero-order chi connectivity index (χ0) is 18.1. The molecule has 3 aromatic rings. The van der Waals surface area contributed by atoms with E-state index in [2.05, 4.69) is 10.3 Å². The van der Waals surface area contributed by atoms with Gasteiger partial charge >= 0.3 is 0 Å². The summed E-state index contributed by atoms with van der Waals surface area (Å²) in [7, 11) is 1.71. The van der Waals surface area contributed by atoms with Crippen LogP contribution in [0.5, 0.6) is 0 Å². The van der Waals surface area contributed by atoms with Crippen LogP contribution in [0.4, 0.5) is 5.69 Å². The molecule has 0 aliphatic rings. The predicted octanol–water partition coefficient (Wildman–Crippen LogP) is 3.65. The van der Waals surface area contributed by atoms with Crippen LogP contribution in [-0.4, -0.2) is 21.2 Å². The van der Waals surface area contributed by atoms with Gasteiger partial charge in [0.25, 0.3) is 5.56 Å². The molecule has 0 aliphatic heterocycles. The number of benzene rings is 1. The number of nitrogens with one attached hydrogen (secondary N) is 1. The fourth-order valence-corrected chi connectivity index (χ4v) is 4.41. The summed E-state index contributed by atoms with van der Waals surface area (Å²) in [5.41, 5.74) is 2.93. The first kappa shape index (κ1) is 17.7. The lowest BCUT2D eigenvalue weighted by molar-refractivity contribution is -0.113. The van der Waals surface area contributed by atoms with E-state index in [4.69, 9.17) is 0 Å². The van der Waals surface area contributed by atoms with Crippen LogP contribution in [0.15, 0.2) is 33.3 Å². The molecule has 0 saturated heterocycles. The molecule has 1 amide bonds. The minimum absolute atomic E-state index is 0.0505. The molecule has 7 heteroatoms. The zero-order valence-corrected chi connectivity index (χ0v) is 16.2. The first-order valence-electron chi connectivity index (χ1n) is 7.82. The quantitative estimate of drug-likeness (QED) is 0.709. The summed E-state index contributed by atoms with van der Waals surface area (Å²) in [4.78, 5) is 29.6. The number of thiophene rings is 1. The van der Waals surface area contributed by atoms with Crippen LogP contribution in [0.25, 0.3) is 10.2 Å². The number of carbonyl (C=O) groups excluding carboxylic acids is 1. The minimum Gasteiger partial charge on any atom is -0.325 e. The van der Waals surface area contributed by atoms with E-state index in [1.165, 1.54) is 27.7 Å². The lowest BCUT2D eigenvalue weighted by atomic mass is 10.1. The van der Waals surface area contributed by atoms with Gasteiger partial charge < -0.3 is 5.32 Å². The Hall–Kier alpha value is -2.12. The highest BCUT2D eigenvalue weighted by Crippen LogP contribution is 2.30. The number of amides is 1. The van der Waals surface area contributed by atoms with Crippen LogP contribution in [0.1, 0.15) is 17.0 Å². The van der Waals surface area contributed by atoms with Gasteiger partial charge in [-0.05, 0) is 44.0 Å². The van der Waals surface area contributed by atoms with Crippen LogP contribution in [-0.2, 0) is 11.8 Å². The maximum absolute atomic E-state index is 12.3. The van der Waals surface area contributed by atoms with Crippen molar-refractivity contribution in [1.29, 1.82) is 0 Å². The Kier molecular flexibility index (Phi) is 4.96. The highest BCUT2D eigenvalue weighted by Gasteiger charge is 2.12. The molecular weight excluding hydrogens is 354 g/mol. The molecule has 0 radical (unpaired) electrons. The van der Waals surface area contributed by atoms with Crippen LogP contribution in [0.2, 0.25) is 0 Å². The van der Waals surface area contributed by atoms with E-state index in [9.17, 15) is 9.59 Å². The number of hydrogen-bond acceptors (Lipinski definition) is 5. The van der Waals surface area contributed by atoms with E-state index in [1.807, 2.05) is 45.0 Å². The van der Waals surface area contributed by atoms with Crippen LogP contribution < -0.4 is 10.9 Å². The van der Waals surface area contributed by atoms with Gasteiger partial charge in [-0.3, -0.25) is 14.2 Å². The largest absolute Gasteiger partial charge is 0.325 e. The highest BCUT2D eigenvalue weighted by molar-refractivity contribution is 8.01. The average Bonchev–Trinajstić information content (AvgIpc) is 2.97. The molecule has 0 atom stereocenters. The number of aryl methyl sites for hydroxylation is 3. The van der Waals surface area contributed by atoms with Crippen molar-refractivity contribution < 1.29 is 4.79 Å². The summed E-state index contributed by atoms with van der Waals surface area (Å²) < 4.78 is 2.46. The SMILES string of the molecule is Cc1ccc(C)c(NC(=O)CSc2cc3c(=O)n(C)c(C)nc3s2)c1. The number of rotatable bonds is 4. The molecule has 0 spiro atoms. The van der Waals surface area contributed by atoms with E-state index in [-0.39, 0.29) is 11.5 Å². The molecular formula is C18H19N3O2S2. The lowest BCUT2D eigenvalue weighted by Crippen LogP contribution is -2.19. The molecule has 130 valence electrons. The molecule has 25 heavy (non-hydrogen) atoms. The summed E-state index contributed by atoms with van der Waals surface area (Å²) in [6.45, 7) is 5.78. The second-order valence-corrected chi connectivity index (χ2v) is 8.27. The summed E-state index contributed by atoms with van der Waals surface area (Å²) in [6.07, 6.45) is 0. The average molecular weight is 374 g/mol. The molecule has 2 heterocycles. The van der Waals surface area contributed by atoms with Crippen molar-refractivity contribution in [3.63, 3.8) is 0 Å². The van der Waals surface area contributed by atoms with Crippen molar-refractivity contribution in [3.05, 3.63) is 51.6 Å². The first-order valence-corrected chi connectivity index (χ1v) is 9.62. The summed E-state index contributed by atoms with van der Waals surface area (Å²) >= 11 is 2.87. The van der Waals surface area contributed by atoms with Gasteiger partial charge in [0.1, 0.15) is 10.7 Å². The molecule has 0 aliphatic carbocycles. The summed E-state index contributed by atoms with van der Waals surface area (Å²) in [6, 6.07) is 7.80.